The molecule has 2 aliphatic rings. The minimum atomic E-state index is -0.520. The van der Waals surface area contributed by atoms with Gasteiger partial charge >= 0.3 is 0 Å². The Morgan fingerprint density at radius 3 is 2.88 bits per heavy atom. The maximum atomic E-state index is 12.7. The van der Waals surface area contributed by atoms with E-state index in [0.29, 0.717) is 11.6 Å². The molecular formula is C18H24N4O2S2. The van der Waals surface area contributed by atoms with Crippen LogP contribution in [-0.2, 0) is 9.59 Å². The summed E-state index contributed by atoms with van der Waals surface area (Å²) in [5.74, 6) is 5.15. The number of nitrogens with zero attached hydrogens (tertiary/aromatic N) is 3. The number of thiazole rings is 1. The zero-order chi connectivity index (χ0) is 19.0. The zero-order valence-electron chi connectivity index (χ0n) is 15.4. The summed E-state index contributed by atoms with van der Waals surface area (Å²) >= 11 is 1.47. The summed E-state index contributed by atoms with van der Waals surface area (Å²) in [6.45, 7) is 5.94. The largest absolute Gasteiger partial charge is 0.336 e. The minimum absolute atomic E-state index is 0.0294. The molecular weight excluding hydrogens is 368 g/mol. The summed E-state index contributed by atoms with van der Waals surface area (Å²) in [7, 11) is 1.35. The molecule has 3 rings (SSSR count). The van der Waals surface area contributed by atoms with Crippen LogP contribution in [0.4, 0.5) is 0 Å². The quantitative estimate of drug-likeness (QED) is 0.368. The number of nitrogens with one attached hydrogen (secondary N) is 1. The average Bonchev–Trinajstić information content (AvgIpc) is 3.02. The molecule has 2 aliphatic heterocycles. The van der Waals surface area contributed by atoms with Crippen LogP contribution < -0.4 is 5.32 Å². The summed E-state index contributed by atoms with van der Waals surface area (Å²) in [6.07, 6.45) is 4.18. The zero-order valence-corrected chi connectivity index (χ0v) is 17.1. The highest BCUT2D eigenvalue weighted by atomic mass is 32.2. The summed E-state index contributed by atoms with van der Waals surface area (Å²) in [5.41, 5.74) is 0.815. The Balaban J connectivity index is 1.75. The van der Waals surface area contributed by atoms with Crippen LogP contribution in [0.3, 0.4) is 0 Å². The van der Waals surface area contributed by atoms with Crippen LogP contribution >= 0.6 is 21.8 Å². The molecule has 0 radical (unpaired) electrons. The van der Waals surface area contributed by atoms with E-state index in [1.807, 2.05) is 30.2 Å². The molecule has 0 bridgehead atoms. The van der Waals surface area contributed by atoms with Gasteiger partial charge in [-0.25, -0.2) is 4.98 Å². The molecule has 1 aromatic rings. The monoisotopic (exact) mass is 392 g/mol. The van der Waals surface area contributed by atoms with Gasteiger partial charge in [-0.3, -0.25) is 14.6 Å². The standard InChI is InChI=1S/C18H24N4O2S2/c1-6-7-12-9-26(5)18-15(17(24)22(18)10(12)2)21-16(23)14(19-4)13-8-25-11(3)20-13/h6-8,10,12,15,18H,5,9H2,1-4H3,(H,21,23). The lowest BCUT2D eigenvalue weighted by molar-refractivity contribution is -0.152. The van der Waals surface area contributed by atoms with Gasteiger partial charge < -0.3 is 10.2 Å². The van der Waals surface area contributed by atoms with Gasteiger partial charge in [0.25, 0.3) is 5.91 Å². The fourth-order valence-electron chi connectivity index (χ4n) is 3.57. The van der Waals surface area contributed by atoms with Crippen molar-refractivity contribution in [3.05, 3.63) is 28.2 Å². The number of aromatic nitrogens is 1. The SMILES string of the molecule is C=S1CC(C=CC)C(C)N2C(=O)C(NC(=O)C(=NC)c3csc(C)n3)C21. The van der Waals surface area contributed by atoms with Gasteiger partial charge in [-0.1, -0.05) is 18.0 Å². The molecule has 2 fully saturated rings. The van der Waals surface area contributed by atoms with Crippen molar-refractivity contribution in [2.24, 2.45) is 10.9 Å². The first-order chi connectivity index (χ1) is 12.4. The number of fused-ring (bicyclic) bond motifs is 1. The number of carbonyl (C=O) groups is 2. The lowest BCUT2D eigenvalue weighted by Crippen LogP contribution is -2.74. The van der Waals surface area contributed by atoms with E-state index in [1.54, 1.807) is 7.05 Å². The van der Waals surface area contributed by atoms with Crippen LogP contribution in [0.1, 0.15) is 24.5 Å². The van der Waals surface area contributed by atoms with E-state index in [1.165, 1.54) is 11.3 Å². The maximum Gasteiger partial charge on any atom is 0.272 e. The Kier molecular flexibility index (Phi) is 5.43. The van der Waals surface area contributed by atoms with Gasteiger partial charge in [0.05, 0.1) is 5.01 Å². The molecule has 6 nitrogen and oxygen atoms in total. The van der Waals surface area contributed by atoms with E-state index in [0.717, 1.165) is 10.8 Å². The van der Waals surface area contributed by atoms with Crippen molar-refractivity contribution in [1.29, 1.82) is 0 Å². The molecule has 8 heteroatoms. The van der Waals surface area contributed by atoms with Gasteiger partial charge in [0.1, 0.15) is 22.8 Å². The highest BCUT2D eigenvalue weighted by Crippen LogP contribution is 2.44. The lowest BCUT2D eigenvalue weighted by atomic mass is 9.94. The highest BCUT2D eigenvalue weighted by molar-refractivity contribution is 8.14. The van der Waals surface area contributed by atoms with Crippen LogP contribution in [0.25, 0.3) is 0 Å². The van der Waals surface area contributed by atoms with Gasteiger partial charge in [0.2, 0.25) is 5.91 Å². The van der Waals surface area contributed by atoms with Gasteiger partial charge in [0.15, 0.2) is 0 Å². The van der Waals surface area contributed by atoms with Crippen LogP contribution in [0.5, 0.6) is 0 Å². The van der Waals surface area contributed by atoms with Gasteiger partial charge in [-0.15, -0.1) is 11.3 Å². The van der Waals surface area contributed by atoms with E-state index >= 15 is 0 Å². The summed E-state index contributed by atoms with van der Waals surface area (Å²) in [6, 6.07) is -0.392. The number of hydrogen-bond donors (Lipinski definition) is 1. The molecule has 0 aliphatic carbocycles. The predicted molar refractivity (Wildman–Crippen MR) is 109 cm³/mol. The first kappa shape index (κ1) is 19.0. The smallest absolute Gasteiger partial charge is 0.272 e. The van der Waals surface area contributed by atoms with Crippen LogP contribution in [0.2, 0.25) is 0 Å². The Labute approximate surface area is 160 Å². The van der Waals surface area contributed by atoms with Gasteiger partial charge in [0, 0.05) is 24.4 Å². The molecule has 5 atom stereocenters. The maximum absolute atomic E-state index is 12.7. The Bertz CT molecular complexity index is 814. The number of allylic oxidation sites excluding steroid dienone is 1. The van der Waals surface area contributed by atoms with Crippen molar-refractivity contribution >= 4 is 45.2 Å². The molecule has 26 heavy (non-hydrogen) atoms. The Morgan fingerprint density at radius 1 is 1.58 bits per heavy atom. The highest BCUT2D eigenvalue weighted by Gasteiger charge is 2.54. The number of carbonyl (C=O) groups excluding carboxylic acids is 2. The molecule has 1 aromatic heterocycles. The number of amides is 2. The molecule has 0 saturated carbocycles. The summed E-state index contributed by atoms with van der Waals surface area (Å²) in [5, 5.41) is 5.52. The van der Waals surface area contributed by atoms with Gasteiger partial charge in [-0.05, 0) is 26.5 Å². The molecule has 3 heterocycles. The number of hydrogen-bond acceptors (Lipinski definition) is 5. The van der Waals surface area contributed by atoms with Crippen molar-refractivity contribution in [3.8, 4) is 0 Å². The summed E-state index contributed by atoms with van der Waals surface area (Å²) in [4.78, 5) is 35.7. The van der Waals surface area contributed by atoms with E-state index in [2.05, 4.69) is 34.2 Å². The second-order valence-corrected chi connectivity index (χ2v) is 9.50. The molecule has 0 aromatic carbocycles. The van der Waals surface area contributed by atoms with Crippen molar-refractivity contribution in [1.82, 2.24) is 15.2 Å². The van der Waals surface area contributed by atoms with Crippen molar-refractivity contribution in [3.63, 3.8) is 0 Å². The lowest BCUT2D eigenvalue weighted by Gasteiger charge is -2.56. The fourth-order valence-corrected chi connectivity index (χ4v) is 6.44. The second kappa shape index (κ2) is 7.44. The number of aliphatic imine (C=N–C) groups is 1. The number of β-lactam (4-membered cyclic amide) rings is 1. The fraction of sp³-hybridized carbons (Fsp3) is 0.500. The normalized spacial score (nSPS) is 31.7. The van der Waals surface area contributed by atoms with E-state index in [9.17, 15) is 9.59 Å². The first-order valence-corrected chi connectivity index (χ1v) is 11.0. The molecule has 2 amide bonds. The third kappa shape index (κ3) is 3.16. The van der Waals surface area contributed by atoms with Crippen molar-refractivity contribution < 1.29 is 9.59 Å². The molecule has 5 unspecified atom stereocenters. The van der Waals surface area contributed by atoms with Crippen molar-refractivity contribution in [2.75, 3.05) is 12.8 Å². The first-order valence-electron chi connectivity index (χ1n) is 8.53. The Morgan fingerprint density at radius 2 is 2.31 bits per heavy atom. The van der Waals surface area contributed by atoms with Crippen LogP contribution in [0, 0.1) is 12.8 Å². The number of aryl methyl sites for hydroxylation is 1. The Hall–Kier alpha value is -1.80. The van der Waals surface area contributed by atoms with E-state index < -0.39 is 6.04 Å². The minimum Gasteiger partial charge on any atom is -0.336 e. The van der Waals surface area contributed by atoms with Crippen LogP contribution in [-0.4, -0.2) is 63.5 Å². The number of rotatable bonds is 4. The predicted octanol–water partition coefficient (Wildman–Crippen LogP) is 1.82. The topological polar surface area (TPSA) is 74.7 Å². The average molecular weight is 393 g/mol. The van der Waals surface area contributed by atoms with Gasteiger partial charge in [-0.2, -0.15) is 10.5 Å². The third-order valence-corrected chi connectivity index (χ3v) is 7.68. The van der Waals surface area contributed by atoms with E-state index in [4.69, 9.17) is 0 Å². The third-order valence-electron chi connectivity index (χ3n) is 4.91. The molecule has 1 N–H and O–H groups in total. The van der Waals surface area contributed by atoms with Crippen LogP contribution in [0.15, 0.2) is 22.5 Å². The van der Waals surface area contributed by atoms with Crippen molar-refractivity contribution in [2.45, 2.75) is 38.2 Å². The molecule has 140 valence electrons. The second-order valence-electron chi connectivity index (χ2n) is 6.55. The summed E-state index contributed by atoms with van der Waals surface area (Å²) < 4.78 is 0. The van der Waals surface area contributed by atoms with E-state index in [-0.39, 0.29) is 39.4 Å². The molecule has 0 spiro atoms. The molecule has 2 saturated heterocycles.